The molecular weight excluding hydrogens is 309 g/mol. The highest BCUT2D eigenvalue weighted by Gasteiger charge is 2.30. The second-order valence-corrected chi connectivity index (χ2v) is 4.72. The number of rotatable bonds is 5. The van der Waals surface area contributed by atoms with Gasteiger partial charge >= 0.3 is 6.18 Å². The normalized spacial score (nSPS) is 11.1. The van der Waals surface area contributed by atoms with Crippen molar-refractivity contribution in [3.8, 4) is 0 Å². The van der Waals surface area contributed by atoms with Gasteiger partial charge in [0.05, 0.1) is 5.56 Å². The van der Waals surface area contributed by atoms with E-state index in [9.17, 15) is 18.0 Å². The number of alkyl halides is 3. The Morgan fingerprint density at radius 1 is 1.26 bits per heavy atom. The van der Waals surface area contributed by atoms with Crippen molar-refractivity contribution in [2.45, 2.75) is 19.5 Å². The number of nitrogens with zero attached hydrogens (tertiary/aromatic N) is 2. The summed E-state index contributed by atoms with van der Waals surface area (Å²) in [6, 6.07) is 5.81. The molecule has 0 spiro atoms. The second kappa shape index (κ2) is 7.08. The van der Waals surface area contributed by atoms with Crippen molar-refractivity contribution in [1.82, 2.24) is 9.97 Å². The minimum Gasteiger partial charge on any atom is -0.354 e. The van der Waals surface area contributed by atoms with Crippen molar-refractivity contribution in [2.24, 2.45) is 0 Å². The lowest BCUT2D eigenvalue weighted by Crippen LogP contribution is -2.16. The zero-order valence-electron chi connectivity index (χ0n) is 12.3. The predicted molar refractivity (Wildman–Crippen MR) is 80.2 cm³/mol. The van der Waals surface area contributed by atoms with Gasteiger partial charge in [0.15, 0.2) is 0 Å². The van der Waals surface area contributed by atoms with Crippen molar-refractivity contribution in [3.05, 3.63) is 47.8 Å². The average Bonchev–Trinajstić information content (AvgIpc) is 2.52. The summed E-state index contributed by atoms with van der Waals surface area (Å²) < 4.78 is 38.0. The summed E-state index contributed by atoms with van der Waals surface area (Å²) in [6.45, 7) is 2.62. The molecule has 23 heavy (non-hydrogen) atoms. The number of halogens is 3. The first-order chi connectivity index (χ1) is 10.9. The summed E-state index contributed by atoms with van der Waals surface area (Å²) in [4.78, 5) is 20.1. The van der Waals surface area contributed by atoms with Crippen LogP contribution in [0.2, 0.25) is 0 Å². The number of hydrogen-bond donors (Lipinski definition) is 2. The number of anilines is 2. The number of benzene rings is 1. The van der Waals surface area contributed by atoms with Crippen molar-refractivity contribution in [1.29, 1.82) is 0 Å². The molecule has 8 heteroatoms. The second-order valence-electron chi connectivity index (χ2n) is 4.72. The van der Waals surface area contributed by atoms with Crippen LogP contribution in [0.3, 0.4) is 0 Å². The van der Waals surface area contributed by atoms with E-state index in [1.54, 1.807) is 0 Å². The fourth-order valence-corrected chi connectivity index (χ4v) is 1.78. The molecule has 0 atom stereocenters. The molecule has 0 bridgehead atoms. The van der Waals surface area contributed by atoms with Crippen LogP contribution < -0.4 is 10.6 Å². The SMILES string of the molecule is CCCNc1nccc(C(=O)Nc2cccc(C(F)(F)F)c2)n1. The first kappa shape index (κ1) is 16.7. The third-order valence-corrected chi connectivity index (χ3v) is 2.87. The Balaban J connectivity index is 2.13. The predicted octanol–water partition coefficient (Wildman–Crippen LogP) is 3.57. The zero-order valence-corrected chi connectivity index (χ0v) is 12.3. The van der Waals surface area contributed by atoms with Crippen molar-refractivity contribution in [2.75, 3.05) is 17.2 Å². The van der Waals surface area contributed by atoms with Gasteiger partial charge in [0.1, 0.15) is 5.69 Å². The van der Waals surface area contributed by atoms with E-state index in [-0.39, 0.29) is 11.4 Å². The molecule has 0 unspecified atom stereocenters. The van der Waals surface area contributed by atoms with Crippen molar-refractivity contribution < 1.29 is 18.0 Å². The first-order valence-electron chi connectivity index (χ1n) is 6.95. The molecule has 2 N–H and O–H groups in total. The smallest absolute Gasteiger partial charge is 0.354 e. The highest BCUT2D eigenvalue weighted by Crippen LogP contribution is 2.30. The number of amides is 1. The maximum Gasteiger partial charge on any atom is 0.416 e. The molecule has 1 aromatic carbocycles. The number of carbonyl (C=O) groups is 1. The molecule has 1 amide bonds. The molecule has 0 saturated heterocycles. The Morgan fingerprint density at radius 3 is 2.74 bits per heavy atom. The molecule has 2 aromatic rings. The Hall–Kier alpha value is -2.64. The monoisotopic (exact) mass is 324 g/mol. The highest BCUT2D eigenvalue weighted by molar-refractivity contribution is 6.03. The molecule has 0 fully saturated rings. The van der Waals surface area contributed by atoms with E-state index in [1.165, 1.54) is 24.4 Å². The summed E-state index contributed by atoms with van der Waals surface area (Å²) in [5.41, 5.74) is -0.717. The van der Waals surface area contributed by atoms with E-state index in [1.807, 2.05) is 6.92 Å². The van der Waals surface area contributed by atoms with E-state index in [2.05, 4.69) is 20.6 Å². The molecule has 0 aliphatic heterocycles. The van der Waals surface area contributed by atoms with Gasteiger partial charge in [0.2, 0.25) is 5.95 Å². The van der Waals surface area contributed by atoms with Gasteiger partial charge in [0.25, 0.3) is 5.91 Å². The van der Waals surface area contributed by atoms with Gasteiger partial charge in [-0.25, -0.2) is 9.97 Å². The number of nitrogens with one attached hydrogen (secondary N) is 2. The van der Waals surface area contributed by atoms with Gasteiger partial charge in [0, 0.05) is 18.4 Å². The Kier molecular flexibility index (Phi) is 5.15. The maximum atomic E-state index is 12.7. The van der Waals surface area contributed by atoms with Crippen LogP contribution in [-0.4, -0.2) is 22.4 Å². The number of hydrogen-bond acceptors (Lipinski definition) is 4. The summed E-state index contributed by atoms with van der Waals surface area (Å²) in [7, 11) is 0. The fraction of sp³-hybridized carbons (Fsp3) is 0.267. The summed E-state index contributed by atoms with van der Waals surface area (Å²) in [6.07, 6.45) is -2.19. The van der Waals surface area contributed by atoms with Gasteiger partial charge in [-0.3, -0.25) is 4.79 Å². The molecule has 0 radical (unpaired) electrons. The molecule has 0 aliphatic carbocycles. The molecule has 0 saturated carbocycles. The van der Waals surface area contributed by atoms with Crippen LogP contribution in [-0.2, 0) is 6.18 Å². The van der Waals surface area contributed by atoms with E-state index in [0.717, 1.165) is 18.6 Å². The molecule has 0 aliphatic rings. The van der Waals surface area contributed by atoms with E-state index < -0.39 is 17.6 Å². The van der Waals surface area contributed by atoms with E-state index in [4.69, 9.17) is 0 Å². The van der Waals surface area contributed by atoms with Crippen LogP contribution in [0.25, 0.3) is 0 Å². The zero-order chi connectivity index (χ0) is 16.9. The Labute approximate surface area is 131 Å². The molecule has 2 rings (SSSR count). The number of carbonyl (C=O) groups excluding carboxylic acids is 1. The summed E-state index contributed by atoms with van der Waals surface area (Å²) in [5, 5.41) is 5.33. The minimum atomic E-state index is -4.47. The first-order valence-corrected chi connectivity index (χ1v) is 6.95. The third-order valence-electron chi connectivity index (χ3n) is 2.87. The quantitative estimate of drug-likeness (QED) is 0.882. The van der Waals surface area contributed by atoms with Gasteiger partial charge < -0.3 is 10.6 Å². The van der Waals surface area contributed by atoms with Gasteiger partial charge in [-0.2, -0.15) is 13.2 Å². The summed E-state index contributed by atoms with van der Waals surface area (Å²) in [5.74, 6) is -0.310. The van der Waals surface area contributed by atoms with Crippen LogP contribution in [0.1, 0.15) is 29.4 Å². The highest BCUT2D eigenvalue weighted by atomic mass is 19.4. The van der Waals surface area contributed by atoms with Gasteiger partial charge in [-0.15, -0.1) is 0 Å². The topological polar surface area (TPSA) is 66.9 Å². The molecule has 122 valence electrons. The van der Waals surface area contributed by atoms with Crippen LogP contribution in [0.15, 0.2) is 36.5 Å². The van der Waals surface area contributed by atoms with Crippen LogP contribution in [0, 0.1) is 0 Å². The third kappa shape index (κ3) is 4.67. The lowest BCUT2D eigenvalue weighted by molar-refractivity contribution is -0.137. The molecule has 1 heterocycles. The van der Waals surface area contributed by atoms with Crippen LogP contribution in [0.4, 0.5) is 24.8 Å². The Bertz CT molecular complexity index is 688. The molecule has 5 nitrogen and oxygen atoms in total. The van der Waals surface area contributed by atoms with Crippen molar-refractivity contribution in [3.63, 3.8) is 0 Å². The average molecular weight is 324 g/mol. The van der Waals surface area contributed by atoms with Crippen LogP contribution >= 0.6 is 0 Å². The maximum absolute atomic E-state index is 12.7. The lowest BCUT2D eigenvalue weighted by atomic mass is 10.2. The van der Waals surface area contributed by atoms with E-state index >= 15 is 0 Å². The van der Waals surface area contributed by atoms with Gasteiger partial charge in [-0.1, -0.05) is 13.0 Å². The van der Waals surface area contributed by atoms with Crippen LogP contribution in [0.5, 0.6) is 0 Å². The molecule has 1 aromatic heterocycles. The molecular formula is C15H15F3N4O. The van der Waals surface area contributed by atoms with E-state index in [0.29, 0.717) is 12.5 Å². The fourth-order valence-electron chi connectivity index (χ4n) is 1.78. The standard InChI is InChI=1S/C15H15F3N4O/c1-2-7-19-14-20-8-6-12(22-14)13(23)21-11-5-3-4-10(9-11)15(16,17)18/h3-6,8-9H,2,7H2,1H3,(H,21,23)(H,19,20,22). The van der Waals surface area contributed by atoms with Gasteiger partial charge in [-0.05, 0) is 30.7 Å². The Morgan fingerprint density at radius 2 is 2.04 bits per heavy atom. The largest absolute Gasteiger partial charge is 0.416 e. The lowest BCUT2D eigenvalue weighted by Gasteiger charge is -2.10. The number of aromatic nitrogens is 2. The van der Waals surface area contributed by atoms with Crippen molar-refractivity contribution >= 4 is 17.5 Å². The summed E-state index contributed by atoms with van der Waals surface area (Å²) >= 11 is 0. The minimum absolute atomic E-state index is 0.0477.